The molecule has 1 heterocycles. The third kappa shape index (κ3) is 2.03. The Balaban J connectivity index is 2.41. The number of ether oxygens (including phenoxy) is 1. The molecule has 0 saturated heterocycles. The van der Waals surface area contributed by atoms with Crippen LogP contribution in [0.25, 0.3) is 0 Å². The first-order chi connectivity index (χ1) is 4.80. The van der Waals surface area contributed by atoms with Crippen molar-refractivity contribution < 1.29 is 4.74 Å². The summed E-state index contributed by atoms with van der Waals surface area (Å²) < 4.78 is 5.35. The summed E-state index contributed by atoms with van der Waals surface area (Å²) >= 11 is 0. The van der Waals surface area contributed by atoms with E-state index in [2.05, 4.69) is 25.2 Å². The fourth-order valence-corrected chi connectivity index (χ4v) is 0.926. The Kier molecular flexibility index (Phi) is 2.75. The van der Waals surface area contributed by atoms with Crippen molar-refractivity contribution in [3.05, 3.63) is 12.3 Å². The van der Waals surface area contributed by atoms with Crippen LogP contribution in [0.4, 0.5) is 0 Å². The highest BCUT2D eigenvalue weighted by Crippen LogP contribution is 2.01. The minimum absolute atomic E-state index is 0.288. The molecular weight excluding hydrogens is 126 g/mol. The molecular formula is C8H15NO. The van der Waals surface area contributed by atoms with E-state index in [1.165, 1.54) is 0 Å². The summed E-state index contributed by atoms with van der Waals surface area (Å²) in [5.74, 6) is 0. The van der Waals surface area contributed by atoms with Crippen LogP contribution in [0.2, 0.25) is 0 Å². The predicted molar refractivity (Wildman–Crippen MR) is 41.8 cm³/mol. The summed E-state index contributed by atoms with van der Waals surface area (Å²) in [5.41, 5.74) is 0. The van der Waals surface area contributed by atoms with Gasteiger partial charge in [0.1, 0.15) is 6.10 Å². The SMILES string of the molecule is CC1NCC/C=C\OC1C. The smallest absolute Gasteiger partial charge is 0.110 e. The van der Waals surface area contributed by atoms with E-state index in [0.29, 0.717) is 6.04 Å². The van der Waals surface area contributed by atoms with Gasteiger partial charge in [-0.2, -0.15) is 0 Å². The van der Waals surface area contributed by atoms with Crippen molar-refractivity contribution in [2.24, 2.45) is 0 Å². The summed E-state index contributed by atoms with van der Waals surface area (Å²) in [6, 6.07) is 0.463. The van der Waals surface area contributed by atoms with Gasteiger partial charge in [-0.05, 0) is 32.9 Å². The molecule has 0 radical (unpaired) electrons. The largest absolute Gasteiger partial charge is 0.497 e. The van der Waals surface area contributed by atoms with Gasteiger partial charge in [0.2, 0.25) is 0 Å². The Morgan fingerprint density at radius 2 is 2.30 bits per heavy atom. The van der Waals surface area contributed by atoms with Crippen LogP contribution in [0, 0.1) is 0 Å². The summed E-state index contributed by atoms with van der Waals surface area (Å²) in [5, 5.41) is 3.36. The molecule has 1 rings (SSSR count). The van der Waals surface area contributed by atoms with E-state index in [9.17, 15) is 0 Å². The van der Waals surface area contributed by atoms with E-state index in [1.54, 1.807) is 0 Å². The monoisotopic (exact) mass is 141 g/mol. The first-order valence-corrected chi connectivity index (χ1v) is 3.84. The van der Waals surface area contributed by atoms with Gasteiger partial charge in [-0.15, -0.1) is 0 Å². The maximum Gasteiger partial charge on any atom is 0.110 e. The van der Waals surface area contributed by atoms with E-state index in [-0.39, 0.29) is 6.10 Å². The van der Waals surface area contributed by atoms with Gasteiger partial charge in [0.05, 0.1) is 6.26 Å². The summed E-state index contributed by atoms with van der Waals surface area (Å²) in [7, 11) is 0. The van der Waals surface area contributed by atoms with Crippen LogP contribution in [0.15, 0.2) is 12.3 Å². The third-order valence-corrected chi connectivity index (χ3v) is 1.87. The molecule has 0 amide bonds. The summed E-state index contributed by atoms with van der Waals surface area (Å²) in [4.78, 5) is 0. The van der Waals surface area contributed by atoms with Gasteiger partial charge >= 0.3 is 0 Å². The molecule has 1 aliphatic rings. The second-order valence-electron chi connectivity index (χ2n) is 2.74. The first-order valence-electron chi connectivity index (χ1n) is 3.84. The second-order valence-corrected chi connectivity index (χ2v) is 2.74. The summed E-state index contributed by atoms with van der Waals surface area (Å²) in [6.45, 7) is 5.28. The lowest BCUT2D eigenvalue weighted by Gasteiger charge is -2.22. The van der Waals surface area contributed by atoms with Gasteiger partial charge in [-0.1, -0.05) is 0 Å². The zero-order chi connectivity index (χ0) is 7.40. The van der Waals surface area contributed by atoms with Crippen LogP contribution in [-0.4, -0.2) is 18.7 Å². The second kappa shape index (κ2) is 3.62. The molecule has 1 N–H and O–H groups in total. The first kappa shape index (κ1) is 7.61. The van der Waals surface area contributed by atoms with Gasteiger partial charge in [0.25, 0.3) is 0 Å². The standard InChI is InChI=1S/C8H15NO/c1-7-8(2)10-6-4-3-5-9-7/h4,6-9H,3,5H2,1-2H3/b6-4-. The Morgan fingerprint density at radius 3 is 3.10 bits per heavy atom. The zero-order valence-corrected chi connectivity index (χ0v) is 6.63. The number of rotatable bonds is 0. The van der Waals surface area contributed by atoms with Crippen LogP contribution in [0.3, 0.4) is 0 Å². The van der Waals surface area contributed by atoms with Crippen LogP contribution < -0.4 is 5.32 Å². The van der Waals surface area contributed by atoms with Gasteiger partial charge in [-0.3, -0.25) is 0 Å². The van der Waals surface area contributed by atoms with E-state index < -0.39 is 0 Å². The molecule has 2 nitrogen and oxygen atoms in total. The molecule has 10 heavy (non-hydrogen) atoms. The van der Waals surface area contributed by atoms with Crippen LogP contribution in [0.1, 0.15) is 20.3 Å². The normalized spacial score (nSPS) is 37.4. The van der Waals surface area contributed by atoms with Crippen LogP contribution in [-0.2, 0) is 4.74 Å². The highest BCUT2D eigenvalue weighted by Gasteiger charge is 2.11. The lowest BCUT2D eigenvalue weighted by Crippen LogP contribution is -2.37. The Hall–Kier alpha value is -0.500. The minimum Gasteiger partial charge on any atom is -0.497 e. The van der Waals surface area contributed by atoms with Crippen LogP contribution in [0.5, 0.6) is 0 Å². The molecule has 0 aromatic carbocycles. The highest BCUT2D eigenvalue weighted by atomic mass is 16.5. The Morgan fingerprint density at radius 1 is 1.50 bits per heavy atom. The Bertz CT molecular complexity index is 122. The minimum atomic E-state index is 0.288. The van der Waals surface area contributed by atoms with E-state index >= 15 is 0 Å². The van der Waals surface area contributed by atoms with Crippen molar-refractivity contribution in [1.29, 1.82) is 0 Å². The molecule has 0 fully saturated rings. The number of nitrogens with one attached hydrogen (secondary N) is 1. The average Bonchev–Trinajstić information content (AvgIpc) is 1.92. The van der Waals surface area contributed by atoms with Gasteiger partial charge in [-0.25, -0.2) is 0 Å². The van der Waals surface area contributed by atoms with E-state index in [1.807, 2.05) is 6.26 Å². The van der Waals surface area contributed by atoms with Gasteiger partial charge in [0.15, 0.2) is 0 Å². The molecule has 0 bridgehead atoms. The lowest BCUT2D eigenvalue weighted by molar-refractivity contribution is 0.122. The third-order valence-electron chi connectivity index (χ3n) is 1.87. The van der Waals surface area contributed by atoms with Crippen molar-refractivity contribution in [3.8, 4) is 0 Å². The van der Waals surface area contributed by atoms with Crippen molar-refractivity contribution in [1.82, 2.24) is 5.32 Å². The van der Waals surface area contributed by atoms with Crippen molar-refractivity contribution in [2.75, 3.05) is 6.54 Å². The molecule has 0 aliphatic carbocycles. The molecule has 1 aliphatic heterocycles. The maximum atomic E-state index is 5.35. The average molecular weight is 141 g/mol. The quantitative estimate of drug-likeness (QED) is 0.549. The number of hydrogen-bond donors (Lipinski definition) is 1. The highest BCUT2D eigenvalue weighted by molar-refractivity contribution is 4.81. The molecule has 58 valence electrons. The molecule has 0 saturated carbocycles. The molecule has 0 aromatic heterocycles. The Labute approximate surface area is 62.3 Å². The fourth-order valence-electron chi connectivity index (χ4n) is 0.926. The van der Waals surface area contributed by atoms with Crippen molar-refractivity contribution in [3.63, 3.8) is 0 Å². The van der Waals surface area contributed by atoms with Gasteiger partial charge in [0, 0.05) is 6.04 Å². The van der Waals surface area contributed by atoms with Crippen molar-refractivity contribution in [2.45, 2.75) is 32.4 Å². The van der Waals surface area contributed by atoms with E-state index in [4.69, 9.17) is 4.74 Å². The number of hydrogen-bond acceptors (Lipinski definition) is 2. The lowest BCUT2D eigenvalue weighted by atomic mass is 10.2. The molecule has 0 spiro atoms. The predicted octanol–water partition coefficient (Wildman–Crippen LogP) is 1.29. The molecule has 2 heteroatoms. The van der Waals surface area contributed by atoms with Crippen molar-refractivity contribution >= 4 is 0 Å². The molecule has 2 atom stereocenters. The zero-order valence-electron chi connectivity index (χ0n) is 6.63. The fraction of sp³-hybridized carbons (Fsp3) is 0.750. The maximum absolute atomic E-state index is 5.35. The van der Waals surface area contributed by atoms with Crippen LogP contribution >= 0.6 is 0 Å². The topological polar surface area (TPSA) is 21.3 Å². The van der Waals surface area contributed by atoms with E-state index in [0.717, 1.165) is 13.0 Å². The molecule has 0 aromatic rings. The summed E-state index contributed by atoms with van der Waals surface area (Å²) in [6.07, 6.45) is 5.21. The van der Waals surface area contributed by atoms with Gasteiger partial charge < -0.3 is 10.1 Å². The molecule has 2 unspecified atom stereocenters.